The number of rotatable bonds is 7. The maximum atomic E-state index is 13.7. The average molecular weight is 444 g/mol. The van der Waals surface area contributed by atoms with Gasteiger partial charge in [-0.15, -0.1) is 0 Å². The minimum Gasteiger partial charge on any atom is -0.266 e. The standard InChI is InChI=1S/C23H25NO4S2/c1-18-16-22(29(3,25)26)19(2)23(17-18)30(27,28)24(21-12-8-5-9-13-21)15-14-20-10-6-4-7-11-20/h4-13,16-17H,14-15H2,1-3H3. The first kappa shape index (κ1) is 22.1. The van der Waals surface area contributed by atoms with Crippen molar-refractivity contribution in [1.82, 2.24) is 0 Å². The van der Waals surface area contributed by atoms with Crippen LogP contribution in [0, 0.1) is 13.8 Å². The molecule has 0 aliphatic rings. The molecule has 3 rings (SSSR count). The van der Waals surface area contributed by atoms with E-state index in [0.29, 0.717) is 17.7 Å². The summed E-state index contributed by atoms with van der Waals surface area (Å²) in [6.07, 6.45) is 1.62. The van der Waals surface area contributed by atoms with Crippen LogP contribution < -0.4 is 4.31 Å². The van der Waals surface area contributed by atoms with E-state index in [1.54, 1.807) is 38.1 Å². The van der Waals surface area contributed by atoms with Crippen molar-refractivity contribution in [2.75, 3.05) is 17.1 Å². The van der Waals surface area contributed by atoms with Crippen LogP contribution in [0.1, 0.15) is 16.7 Å². The van der Waals surface area contributed by atoms with Crippen LogP contribution in [0.5, 0.6) is 0 Å². The highest BCUT2D eigenvalue weighted by atomic mass is 32.2. The predicted molar refractivity (Wildman–Crippen MR) is 120 cm³/mol. The van der Waals surface area contributed by atoms with Crippen LogP contribution >= 0.6 is 0 Å². The van der Waals surface area contributed by atoms with Crippen molar-refractivity contribution in [2.45, 2.75) is 30.1 Å². The number of para-hydroxylation sites is 1. The van der Waals surface area contributed by atoms with E-state index in [4.69, 9.17) is 0 Å². The molecule has 3 aromatic rings. The molecule has 7 heteroatoms. The summed E-state index contributed by atoms with van der Waals surface area (Å²) < 4.78 is 53.3. The van der Waals surface area contributed by atoms with Crippen LogP contribution in [0.4, 0.5) is 5.69 Å². The molecule has 0 amide bonds. The van der Waals surface area contributed by atoms with Crippen molar-refractivity contribution in [3.63, 3.8) is 0 Å². The van der Waals surface area contributed by atoms with Gasteiger partial charge in [-0.3, -0.25) is 4.31 Å². The van der Waals surface area contributed by atoms with E-state index in [1.165, 1.54) is 16.4 Å². The molecule has 158 valence electrons. The Labute approximate surface area is 179 Å². The number of nitrogens with zero attached hydrogens (tertiary/aromatic N) is 1. The molecule has 5 nitrogen and oxygen atoms in total. The monoisotopic (exact) mass is 443 g/mol. The topological polar surface area (TPSA) is 71.5 Å². The van der Waals surface area contributed by atoms with Gasteiger partial charge in [0.15, 0.2) is 9.84 Å². The Hall–Kier alpha value is -2.64. The Morgan fingerprint density at radius 2 is 1.30 bits per heavy atom. The number of hydrogen-bond acceptors (Lipinski definition) is 4. The van der Waals surface area contributed by atoms with Gasteiger partial charge in [-0.05, 0) is 61.2 Å². The van der Waals surface area contributed by atoms with Gasteiger partial charge in [0.1, 0.15) is 0 Å². The van der Waals surface area contributed by atoms with Crippen LogP contribution in [-0.2, 0) is 26.3 Å². The third-order valence-electron chi connectivity index (χ3n) is 4.91. The molecule has 0 aliphatic carbocycles. The van der Waals surface area contributed by atoms with Crippen molar-refractivity contribution in [3.05, 3.63) is 89.5 Å². The molecule has 0 unspecified atom stereocenters. The smallest absolute Gasteiger partial charge is 0.264 e. The normalized spacial score (nSPS) is 12.0. The van der Waals surface area contributed by atoms with Crippen molar-refractivity contribution >= 4 is 25.5 Å². The molecule has 0 bridgehead atoms. The number of sulfonamides is 1. The molecule has 0 saturated heterocycles. The Morgan fingerprint density at radius 1 is 0.767 bits per heavy atom. The average Bonchev–Trinajstić information content (AvgIpc) is 2.70. The molecule has 30 heavy (non-hydrogen) atoms. The summed E-state index contributed by atoms with van der Waals surface area (Å²) in [5.41, 5.74) is 2.38. The molecule has 0 heterocycles. The molecule has 0 N–H and O–H groups in total. The molecule has 0 aromatic heterocycles. The summed E-state index contributed by atoms with van der Waals surface area (Å²) in [7, 11) is -7.56. The van der Waals surface area contributed by atoms with Gasteiger partial charge in [-0.2, -0.15) is 0 Å². The van der Waals surface area contributed by atoms with Gasteiger partial charge in [-0.1, -0.05) is 48.5 Å². The SMILES string of the molecule is Cc1cc(S(C)(=O)=O)c(C)c(S(=O)(=O)N(CCc2ccccc2)c2ccccc2)c1. The van der Waals surface area contributed by atoms with E-state index < -0.39 is 19.9 Å². The van der Waals surface area contributed by atoms with Crippen molar-refractivity contribution < 1.29 is 16.8 Å². The Balaban J connectivity index is 2.12. The van der Waals surface area contributed by atoms with Gasteiger partial charge in [0.25, 0.3) is 10.0 Å². The zero-order valence-electron chi connectivity index (χ0n) is 17.2. The minimum absolute atomic E-state index is 0.0137. The Morgan fingerprint density at radius 3 is 1.87 bits per heavy atom. The zero-order valence-corrected chi connectivity index (χ0v) is 18.9. The van der Waals surface area contributed by atoms with Gasteiger partial charge in [-0.25, -0.2) is 16.8 Å². The third-order valence-corrected chi connectivity index (χ3v) is 8.09. The number of anilines is 1. The van der Waals surface area contributed by atoms with E-state index in [0.717, 1.165) is 11.8 Å². The first-order chi connectivity index (χ1) is 14.1. The fourth-order valence-electron chi connectivity index (χ4n) is 3.42. The maximum absolute atomic E-state index is 13.7. The largest absolute Gasteiger partial charge is 0.266 e. The molecule has 3 aromatic carbocycles. The van der Waals surface area contributed by atoms with Crippen molar-refractivity contribution in [2.24, 2.45) is 0 Å². The molecular formula is C23H25NO4S2. The van der Waals surface area contributed by atoms with Crippen LogP contribution in [-0.4, -0.2) is 29.6 Å². The van der Waals surface area contributed by atoms with Gasteiger partial charge in [0.05, 0.1) is 15.5 Å². The molecule has 0 saturated carbocycles. The fraction of sp³-hybridized carbons (Fsp3) is 0.217. The summed E-state index contributed by atoms with van der Waals surface area (Å²) in [6, 6.07) is 21.6. The lowest BCUT2D eigenvalue weighted by Gasteiger charge is -2.26. The van der Waals surface area contributed by atoms with E-state index in [2.05, 4.69) is 0 Å². The molecule has 0 radical (unpaired) electrons. The summed E-state index contributed by atoms with van der Waals surface area (Å²) in [4.78, 5) is 0.0528. The maximum Gasteiger partial charge on any atom is 0.264 e. The first-order valence-corrected chi connectivity index (χ1v) is 12.9. The summed E-state index contributed by atoms with van der Waals surface area (Å²) in [6.45, 7) is 3.48. The highest BCUT2D eigenvalue weighted by Gasteiger charge is 2.29. The lowest BCUT2D eigenvalue weighted by molar-refractivity contribution is 0.589. The molecule has 0 fully saturated rings. The van der Waals surface area contributed by atoms with E-state index in [1.807, 2.05) is 36.4 Å². The summed E-state index contributed by atoms with van der Waals surface area (Å²) in [5.74, 6) is 0. The second-order valence-electron chi connectivity index (χ2n) is 7.31. The quantitative estimate of drug-likeness (QED) is 0.550. The lowest BCUT2D eigenvalue weighted by Crippen LogP contribution is -2.33. The molecule has 0 aliphatic heterocycles. The zero-order chi connectivity index (χ0) is 21.9. The highest BCUT2D eigenvalue weighted by molar-refractivity contribution is 7.93. The fourth-order valence-corrected chi connectivity index (χ4v) is 6.35. The third kappa shape index (κ3) is 4.74. The first-order valence-electron chi connectivity index (χ1n) is 9.54. The number of sulfone groups is 1. The van der Waals surface area contributed by atoms with Crippen LogP contribution in [0.15, 0.2) is 82.6 Å². The molecular weight excluding hydrogens is 418 g/mol. The number of benzene rings is 3. The lowest BCUT2D eigenvalue weighted by atomic mass is 10.1. The minimum atomic E-state index is -3.99. The van der Waals surface area contributed by atoms with Crippen LogP contribution in [0.25, 0.3) is 0 Å². The van der Waals surface area contributed by atoms with Crippen LogP contribution in [0.2, 0.25) is 0 Å². The van der Waals surface area contributed by atoms with Crippen LogP contribution in [0.3, 0.4) is 0 Å². The predicted octanol–water partition coefficient (Wildman–Crippen LogP) is 4.14. The highest BCUT2D eigenvalue weighted by Crippen LogP contribution is 2.30. The number of hydrogen-bond donors (Lipinski definition) is 0. The van der Waals surface area contributed by atoms with Gasteiger partial charge < -0.3 is 0 Å². The number of aryl methyl sites for hydroxylation is 1. The Kier molecular flexibility index (Phi) is 6.33. The van der Waals surface area contributed by atoms with Gasteiger partial charge in [0, 0.05) is 12.8 Å². The van der Waals surface area contributed by atoms with E-state index in [-0.39, 0.29) is 21.9 Å². The van der Waals surface area contributed by atoms with Gasteiger partial charge >= 0.3 is 0 Å². The van der Waals surface area contributed by atoms with Gasteiger partial charge in [0.2, 0.25) is 0 Å². The second kappa shape index (κ2) is 8.62. The molecule has 0 spiro atoms. The van der Waals surface area contributed by atoms with E-state index in [9.17, 15) is 16.8 Å². The van der Waals surface area contributed by atoms with Crippen molar-refractivity contribution in [1.29, 1.82) is 0 Å². The summed E-state index contributed by atoms with van der Waals surface area (Å²) in [5, 5.41) is 0. The summed E-state index contributed by atoms with van der Waals surface area (Å²) >= 11 is 0. The molecule has 0 atom stereocenters. The van der Waals surface area contributed by atoms with Crippen molar-refractivity contribution in [3.8, 4) is 0 Å². The van der Waals surface area contributed by atoms with E-state index >= 15 is 0 Å². The Bertz CT molecular complexity index is 1240. The second-order valence-corrected chi connectivity index (χ2v) is 11.1.